The maximum absolute atomic E-state index is 5.46. The second kappa shape index (κ2) is 7.73. The molecule has 3 rings (SSSR count). The van der Waals surface area contributed by atoms with E-state index in [-0.39, 0.29) is 0 Å². The first-order chi connectivity index (χ1) is 11.2. The quantitative estimate of drug-likeness (QED) is 0.858. The van der Waals surface area contributed by atoms with Crippen molar-refractivity contribution in [3.63, 3.8) is 0 Å². The van der Waals surface area contributed by atoms with Crippen molar-refractivity contribution in [2.45, 2.75) is 26.4 Å². The van der Waals surface area contributed by atoms with Crippen LogP contribution in [0.25, 0.3) is 0 Å². The molecule has 5 nitrogen and oxygen atoms in total. The van der Waals surface area contributed by atoms with E-state index in [9.17, 15) is 0 Å². The third kappa shape index (κ3) is 4.41. The molecule has 1 aliphatic heterocycles. The first-order valence-corrected chi connectivity index (χ1v) is 8.31. The minimum atomic E-state index is 0.308. The number of H-pyrrole nitrogens is 1. The smallest absolute Gasteiger partial charge is 0.0594 e. The predicted molar refractivity (Wildman–Crippen MR) is 91.3 cm³/mol. The van der Waals surface area contributed by atoms with Gasteiger partial charge in [0.05, 0.1) is 19.4 Å². The van der Waals surface area contributed by atoms with Gasteiger partial charge >= 0.3 is 0 Å². The summed E-state index contributed by atoms with van der Waals surface area (Å²) in [7, 11) is 0. The number of morpholine rings is 1. The third-order valence-corrected chi connectivity index (χ3v) is 4.50. The van der Waals surface area contributed by atoms with Gasteiger partial charge in [-0.1, -0.05) is 29.8 Å². The van der Waals surface area contributed by atoms with Gasteiger partial charge in [0.1, 0.15) is 0 Å². The summed E-state index contributed by atoms with van der Waals surface area (Å²) in [5.41, 5.74) is 4.99. The Balaban J connectivity index is 1.69. The highest BCUT2D eigenvalue weighted by Gasteiger charge is 2.18. The lowest BCUT2D eigenvalue weighted by atomic mass is 10.0. The Morgan fingerprint density at radius 2 is 1.96 bits per heavy atom. The Bertz CT molecular complexity index is 602. The average Bonchev–Trinajstić information content (AvgIpc) is 2.98. The number of aromatic nitrogens is 2. The van der Waals surface area contributed by atoms with Gasteiger partial charge in [-0.15, -0.1) is 0 Å². The molecule has 1 aliphatic rings. The van der Waals surface area contributed by atoms with E-state index in [1.165, 1.54) is 16.7 Å². The molecule has 0 spiro atoms. The van der Waals surface area contributed by atoms with Gasteiger partial charge in [-0.2, -0.15) is 5.10 Å². The standard InChI is InChI=1S/C18H26N4O/c1-14-3-5-16(6-4-14)18(13-22-7-9-23-10-8-22)19-11-17-12-20-21-15(17)2/h3-6,12,18-19H,7-11,13H2,1-2H3,(H,20,21). The van der Waals surface area contributed by atoms with Crippen molar-refractivity contribution in [2.24, 2.45) is 0 Å². The van der Waals surface area contributed by atoms with Crippen molar-refractivity contribution in [1.82, 2.24) is 20.4 Å². The summed E-state index contributed by atoms with van der Waals surface area (Å²) in [6.45, 7) is 9.71. The number of aromatic amines is 1. The average molecular weight is 314 g/mol. The number of ether oxygens (including phenoxy) is 1. The molecule has 2 aromatic rings. The molecule has 1 unspecified atom stereocenters. The Kier molecular flexibility index (Phi) is 5.43. The van der Waals surface area contributed by atoms with Crippen molar-refractivity contribution in [2.75, 3.05) is 32.8 Å². The summed E-state index contributed by atoms with van der Waals surface area (Å²) in [4.78, 5) is 2.48. The van der Waals surface area contributed by atoms with Gasteiger partial charge in [-0.05, 0) is 19.4 Å². The fraction of sp³-hybridized carbons (Fsp3) is 0.500. The summed E-state index contributed by atoms with van der Waals surface area (Å²) >= 11 is 0. The molecular formula is C18H26N4O. The Morgan fingerprint density at radius 1 is 1.22 bits per heavy atom. The van der Waals surface area contributed by atoms with Crippen LogP contribution >= 0.6 is 0 Å². The van der Waals surface area contributed by atoms with Crippen LogP contribution in [0.15, 0.2) is 30.5 Å². The molecule has 0 bridgehead atoms. The van der Waals surface area contributed by atoms with E-state index < -0.39 is 0 Å². The van der Waals surface area contributed by atoms with Gasteiger partial charge in [0.25, 0.3) is 0 Å². The molecular weight excluding hydrogens is 288 g/mol. The van der Waals surface area contributed by atoms with Crippen LogP contribution in [0.2, 0.25) is 0 Å². The lowest BCUT2D eigenvalue weighted by Gasteiger charge is -2.31. The molecule has 0 amide bonds. The van der Waals surface area contributed by atoms with Crippen molar-refractivity contribution in [1.29, 1.82) is 0 Å². The van der Waals surface area contributed by atoms with Gasteiger partial charge < -0.3 is 10.1 Å². The molecule has 1 atom stereocenters. The monoisotopic (exact) mass is 314 g/mol. The van der Waals surface area contributed by atoms with Crippen LogP contribution in [0, 0.1) is 13.8 Å². The van der Waals surface area contributed by atoms with E-state index in [1.807, 2.05) is 6.20 Å². The van der Waals surface area contributed by atoms with Crippen LogP contribution in [0.4, 0.5) is 0 Å². The molecule has 23 heavy (non-hydrogen) atoms. The van der Waals surface area contributed by atoms with E-state index >= 15 is 0 Å². The number of nitrogens with one attached hydrogen (secondary N) is 2. The fourth-order valence-electron chi connectivity index (χ4n) is 2.92. The summed E-state index contributed by atoms with van der Waals surface area (Å²) < 4.78 is 5.46. The number of benzene rings is 1. The fourth-order valence-corrected chi connectivity index (χ4v) is 2.92. The molecule has 1 aromatic heterocycles. The summed E-state index contributed by atoms with van der Waals surface area (Å²) in [6, 6.07) is 9.15. The normalized spacial score (nSPS) is 17.3. The Morgan fingerprint density at radius 3 is 2.61 bits per heavy atom. The number of nitrogens with zero attached hydrogens (tertiary/aromatic N) is 2. The van der Waals surface area contributed by atoms with E-state index in [0.29, 0.717) is 6.04 Å². The zero-order chi connectivity index (χ0) is 16.1. The highest BCUT2D eigenvalue weighted by atomic mass is 16.5. The van der Waals surface area contributed by atoms with Crippen LogP contribution in [0.3, 0.4) is 0 Å². The van der Waals surface area contributed by atoms with Gasteiger partial charge in [0.2, 0.25) is 0 Å². The van der Waals surface area contributed by atoms with E-state index in [4.69, 9.17) is 4.74 Å². The molecule has 1 fully saturated rings. The SMILES string of the molecule is Cc1ccc(C(CN2CCOCC2)NCc2cn[nH]c2C)cc1. The van der Waals surface area contributed by atoms with E-state index in [2.05, 4.69) is 58.5 Å². The van der Waals surface area contributed by atoms with Gasteiger partial charge in [-0.25, -0.2) is 0 Å². The van der Waals surface area contributed by atoms with Crippen LogP contribution in [0.1, 0.15) is 28.4 Å². The van der Waals surface area contributed by atoms with Crippen LogP contribution in [-0.2, 0) is 11.3 Å². The molecule has 1 aromatic carbocycles. The maximum atomic E-state index is 5.46. The molecule has 0 radical (unpaired) electrons. The van der Waals surface area contributed by atoms with Gasteiger partial charge in [0, 0.05) is 43.5 Å². The lowest BCUT2D eigenvalue weighted by Crippen LogP contribution is -2.41. The predicted octanol–water partition coefficient (Wildman–Crippen LogP) is 2.19. The van der Waals surface area contributed by atoms with Gasteiger partial charge in [-0.3, -0.25) is 10.00 Å². The third-order valence-electron chi connectivity index (χ3n) is 4.50. The number of aryl methyl sites for hydroxylation is 2. The first-order valence-electron chi connectivity index (χ1n) is 8.31. The van der Waals surface area contributed by atoms with Gasteiger partial charge in [0.15, 0.2) is 0 Å². The summed E-state index contributed by atoms with van der Waals surface area (Å²) in [6.07, 6.45) is 1.91. The molecule has 124 valence electrons. The van der Waals surface area contributed by atoms with E-state index in [1.54, 1.807) is 0 Å². The van der Waals surface area contributed by atoms with Crippen LogP contribution in [-0.4, -0.2) is 47.9 Å². The van der Waals surface area contributed by atoms with Crippen molar-refractivity contribution in [3.05, 3.63) is 52.8 Å². The molecule has 0 saturated carbocycles. The van der Waals surface area contributed by atoms with Crippen molar-refractivity contribution in [3.8, 4) is 0 Å². The largest absolute Gasteiger partial charge is 0.379 e. The minimum Gasteiger partial charge on any atom is -0.379 e. The summed E-state index contributed by atoms with van der Waals surface area (Å²) in [5.74, 6) is 0. The first kappa shape index (κ1) is 16.2. The Labute approximate surface area is 138 Å². The lowest BCUT2D eigenvalue weighted by molar-refractivity contribution is 0.0333. The summed E-state index contributed by atoms with van der Waals surface area (Å²) in [5, 5.41) is 10.8. The number of hydrogen-bond donors (Lipinski definition) is 2. The van der Waals surface area contributed by atoms with Crippen LogP contribution < -0.4 is 5.32 Å². The second-order valence-electron chi connectivity index (χ2n) is 6.28. The highest BCUT2D eigenvalue weighted by molar-refractivity contribution is 5.25. The number of rotatable bonds is 6. The molecule has 2 heterocycles. The topological polar surface area (TPSA) is 53.2 Å². The van der Waals surface area contributed by atoms with E-state index in [0.717, 1.165) is 45.1 Å². The molecule has 1 saturated heterocycles. The molecule has 5 heteroatoms. The molecule has 0 aliphatic carbocycles. The second-order valence-corrected chi connectivity index (χ2v) is 6.28. The van der Waals surface area contributed by atoms with Crippen LogP contribution in [0.5, 0.6) is 0 Å². The molecule has 2 N–H and O–H groups in total. The van der Waals surface area contributed by atoms with Crippen molar-refractivity contribution < 1.29 is 4.74 Å². The zero-order valence-electron chi connectivity index (χ0n) is 14.0. The maximum Gasteiger partial charge on any atom is 0.0594 e. The highest BCUT2D eigenvalue weighted by Crippen LogP contribution is 2.17. The Hall–Kier alpha value is -1.69. The minimum absolute atomic E-state index is 0.308. The number of hydrogen-bond acceptors (Lipinski definition) is 4. The zero-order valence-corrected chi connectivity index (χ0v) is 14.0. The van der Waals surface area contributed by atoms with Crippen molar-refractivity contribution >= 4 is 0 Å².